The predicted molar refractivity (Wildman–Crippen MR) is 164 cm³/mol. The third kappa shape index (κ3) is 12.1. The molecule has 20 heteroatoms. The smallest absolute Gasteiger partial charge is 0.311 e. The van der Waals surface area contributed by atoms with Crippen LogP contribution in [0, 0.1) is 69.8 Å². The van der Waals surface area contributed by atoms with Crippen LogP contribution in [-0.4, -0.2) is 27.0 Å². The second kappa shape index (κ2) is 20.4. The second-order valence-electron chi connectivity index (χ2n) is 10.1. The molecule has 5 rings (SSSR count). The van der Waals surface area contributed by atoms with Crippen LogP contribution in [0.4, 0.5) is 52.7 Å². The maximum atomic E-state index is 13.3. The number of esters is 2. The van der Waals surface area contributed by atoms with Crippen molar-refractivity contribution in [2.75, 3.05) is 0 Å². The minimum atomic E-state index is -1.79. The SMILES string of the molecule is Cl.O=C(CCc1ccncc1)Oc1c(F)c(F)cc(F)c1F.O=C(CCc1ccncc1)Oc1c(F)c(F)cc(F)c1F.Oc1c(F)c(F)cc(F)c1F. The van der Waals surface area contributed by atoms with Crippen LogP contribution in [0.3, 0.4) is 0 Å². The lowest BCUT2D eigenvalue weighted by Crippen LogP contribution is -2.12. The zero-order valence-corrected chi connectivity index (χ0v) is 27.4. The third-order valence-electron chi connectivity index (χ3n) is 6.40. The summed E-state index contributed by atoms with van der Waals surface area (Å²) >= 11 is 0. The molecule has 7 nitrogen and oxygen atoms in total. The van der Waals surface area contributed by atoms with E-state index < -0.39 is 99.0 Å². The number of halogens is 13. The average Bonchev–Trinajstić information content (AvgIpc) is 3.14. The Bertz CT molecular complexity index is 1890. The Morgan fingerprint density at radius 1 is 0.481 bits per heavy atom. The summed E-state index contributed by atoms with van der Waals surface area (Å²) in [6.45, 7) is 0. The molecule has 0 atom stereocenters. The largest absolute Gasteiger partial charge is 0.503 e. The molecule has 288 valence electrons. The van der Waals surface area contributed by atoms with Gasteiger partial charge >= 0.3 is 11.9 Å². The van der Waals surface area contributed by atoms with E-state index in [1.807, 2.05) is 0 Å². The average molecular weight is 801 g/mol. The van der Waals surface area contributed by atoms with Gasteiger partial charge in [0.1, 0.15) is 0 Å². The molecule has 1 N–H and O–H groups in total. The minimum Gasteiger partial charge on any atom is -0.503 e. The highest BCUT2D eigenvalue weighted by atomic mass is 35.5. The van der Waals surface area contributed by atoms with Gasteiger partial charge in [-0.3, -0.25) is 19.6 Å². The number of carbonyl (C=O) groups is 2. The summed E-state index contributed by atoms with van der Waals surface area (Å²) in [7, 11) is 0. The molecule has 5 aromatic rings. The highest BCUT2D eigenvalue weighted by Crippen LogP contribution is 2.28. The maximum Gasteiger partial charge on any atom is 0.311 e. The van der Waals surface area contributed by atoms with Crippen molar-refractivity contribution < 1.29 is 76.9 Å². The molecule has 0 aliphatic rings. The number of hydrogen-bond acceptors (Lipinski definition) is 7. The van der Waals surface area contributed by atoms with E-state index >= 15 is 0 Å². The van der Waals surface area contributed by atoms with E-state index in [9.17, 15) is 62.3 Å². The van der Waals surface area contributed by atoms with Crippen molar-refractivity contribution in [3.63, 3.8) is 0 Å². The predicted octanol–water partition coefficient (Wildman–Crippen LogP) is 8.72. The molecule has 0 spiro atoms. The summed E-state index contributed by atoms with van der Waals surface area (Å²) < 4.78 is 162. The van der Waals surface area contributed by atoms with Gasteiger partial charge in [-0.25, -0.2) is 26.3 Å². The van der Waals surface area contributed by atoms with Gasteiger partial charge in [0.2, 0.25) is 46.4 Å². The number of carbonyl (C=O) groups excluding carboxylic acids is 2. The fraction of sp³-hybridized carbons (Fsp3) is 0.118. The summed E-state index contributed by atoms with van der Waals surface area (Å²) in [4.78, 5) is 30.6. The van der Waals surface area contributed by atoms with Gasteiger partial charge < -0.3 is 14.6 Å². The maximum absolute atomic E-state index is 13.3. The van der Waals surface area contributed by atoms with Crippen molar-refractivity contribution in [3.8, 4) is 17.2 Å². The van der Waals surface area contributed by atoms with Crippen LogP contribution in [0.1, 0.15) is 24.0 Å². The molecule has 0 aliphatic carbocycles. The number of aromatic nitrogens is 2. The fourth-order valence-corrected chi connectivity index (χ4v) is 3.76. The van der Waals surface area contributed by atoms with Crippen molar-refractivity contribution in [3.05, 3.63) is 148 Å². The molecule has 0 bridgehead atoms. The van der Waals surface area contributed by atoms with Crippen molar-refractivity contribution >= 4 is 24.3 Å². The highest BCUT2D eigenvalue weighted by Gasteiger charge is 2.24. The van der Waals surface area contributed by atoms with Gasteiger partial charge in [0.25, 0.3) is 0 Å². The molecule has 0 unspecified atom stereocenters. The van der Waals surface area contributed by atoms with E-state index in [0.29, 0.717) is 0 Å². The van der Waals surface area contributed by atoms with E-state index in [-0.39, 0.29) is 56.3 Å². The molecule has 0 amide bonds. The number of ether oxygens (including phenoxy) is 2. The third-order valence-corrected chi connectivity index (χ3v) is 6.40. The van der Waals surface area contributed by atoms with E-state index in [1.54, 1.807) is 24.3 Å². The first-order chi connectivity index (χ1) is 25.0. The van der Waals surface area contributed by atoms with Crippen molar-refractivity contribution in [2.24, 2.45) is 0 Å². The first-order valence-electron chi connectivity index (χ1n) is 14.4. The normalized spacial score (nSPS) is 10.2. The Kier molecular flexibility index (Phi) is 16.7. The fourth-order valence-electron chi connectivity index (χ4n) is 3.76. The molecule has 0 saturated carbocycles. The van der Waals surface area contributed by atoms with Gasteiger partial charge in [0.05, 0.1) is 0 Å². The highest BCUT2D eigenvalue weighted by molar-refractivity contribution is 5.85. The molecule has 0 radical (unpaired) electrons. The number of phenols is 1. The molecule has 0 fully saturated rings. The van der Waals surface area contributed by atoms with Crippen LogP contribution in [0.2, 0.25) is 0 Å². The topological polar surface area (TPSA) is 98.6 Å². The molecule has 3 aromatic carbocycles. The van der Waals surface area contributed by atoms with E-state index in [2.05, 4.69) is 19.4 Å². The number of pyridine rings is 2. The Morgan fingerprint density at radius 3 is 1.02 bits per heavy atom. The zero-order valence-electron chi connectivity index (χ0n) is 26.6. The Morgan fingerprint density at radius 2 is 0.741 bits per heavy atom. The number of nitrogens with zero attached hydrogens (tertiary/aromatic N) is 2. The van der Waals surface area contributed by atoms with Crippen molar-refractivity contribution in [1.29, 1.82) is 0 Å². The number of aryl methyl sites for hydroxylation is 2. The molecule has 0 saturated heterocycles. The van der Waals surface area contributed by atoms with Crippen LogP contribution >= 0.6 is 12.4 Å². The number of benzene rings is 3. The second-order valence-corrected chi connectivity index (χ2v) is 10.1. The lowest BCUT2D eigenvalue weighted by Gasteiger charge is -2.07. The molecular formula is C34H21ClF12N2O5. The Labute approximate surface area is 302 Å². The van der Waals surface area contributed by atoms with Crippen molar-refractivity contribution in [2.45, 2.75) is 25.7 Å². The molecule has 54 heavy (non-hydrogen) atoms. The van der Waals surface area contributed by atoms with Gasteiger partial charge in [0.15, 0.2) is 40.7 Å². The lowest BCUT2D eigenvalue weighted by atomic mass is 10.1. The minimum absolute atomic E-state index is 0. The van der Waals surface area contributed by atoms with Crippen LogP contribution in [0.25, 0.3) is 0 Å². The van der Waals surface area contributed by atoms with Gasteiger partial charge in [-0.2, -0.15) is 26.3 Å². The van der Waals surface area contributed by atoms with E-state index in [0.717, 1.165) is 11.1 Å². The lowest BCUT2D eigenvalue weighted by molar-refractivity contribution is -0.135. The van der Waals surface area contributed by atoms with E-state index in [1.165, 1.54) is 24.8 Å². The first-order valence-corrected chi connectivity index (χ1v) is 14.4. The standard InChI is InChI=1S/2C14H9F4NO2.C6H2F4O.ClH/c2*15-9-7-10(16)13(18)14(12(9)17)21-11(20)2-1-8-3-5-19-6-4-8;7-2-1-3(8)5(10)6(11)4(2)9;/h2*3-7H,1-2H2;1,11H;1H. The number of hydrogen-bond donors (Lipinski definition) is 1. The van der Waals surface area contributed by atoms with Crippen LogP contribution in [-0.2, 0) is 22.4 Å². The summed E-state index contributed by atoms with van der Waals surface area (Å²) in [6.07, 6.45) is 6.13. The van der Waals surface area contributed by atoms with Gasteiger partial charge in [-0.1, -0.05) is 0 Å². The van der Waals surface area contributed by atoms with Crippen molar-refractivity contribution in [1.82, 2.24) is 9.97 Å². The first kappa shape index (κ1) is 44.3. The number of aromatic hydroxyl groups is 1. The molecule has 0 aliphatic heterocycles. The van der Waals surface area contributed by atoms with Crippen LogP contribution < -0.4 is 9.47 Å². The Balaban J connectivity index is 0.000000291. The number of rotatable bonds is 8. The molecule has 2 heterocycles. The monoisotopic (exact) mass is 800 g/mol. The number of phenolic OH excluding ortho intramolecular Hbond substituents is 1. The van der Waals surface area contributed by atoms with Crippen LogP contribution in [0.5, 0.6) is 17.2 Å². The quantitative estimate of drug-likeness (QED) is 0.0726. The van der Waals surface area contributed by atoms with E-state index in [4.69, 9.17) is 5.11 Å². The summed E-state index contributed by atoms with van der Waals surface area (Å²) in [6, 6.07) is 6.70. The van der Waals surface area contributed by atoms with Crippen LogP contribution in [0.15, 0.2) is 67.3 Å². The van der Waals surface area contributed by atoms with Gasteiger partial charge in [0, 0.05) is 55.8 Å². The summed E-state index contributed by atoms with van der Waals surface area (Å²) in [5.74, 6) is -26.7. The van der Waals surface area contributed by atoms with Gasteiger partial charge in [-0.15, -0.1) is 12.4 Å². The summed E-state index contributed by atoms with van der Waals surface area (Å²) in [5, 5.41) is 8.34. The Hall–Kier alpha value is -5.85. The zero-order chi connectivity index (χ0) is 39.4. The molecular weight excluding hydrogens is 780 g/mol. The van der Waals surface area contributed by atoms with Gasteiger partial charge in [-0.05, 0) is 48.2 Å². The molecule has 2 aromatic heterocycles. The summed E-state index contributed by atoms with van der Waals surface area (Å²) in [5.41, 5.74) is 1.52.